The van der Waals surface area contributed by atoms with E-state index in [1.165, 1.54) is 5.92 Å². The minimum atomic E-state index is 0.866. The molecule has 1 radical (unpaired) electrons. The fourth-order valence-corrected chi connectivity index (χ4v) is 0.608. The maximum Gasteiger partial charge on any atom is 0.155 e. The summed E-state index contributed by atoms with van der Waals surface area (Å²) in [5, 5.41) is 13.3. The predicted molar refractivity (Wildman–Crippen MR) is 25.8 cm³/mol. The van der Waals surface area contributed by atoms with Gasteiger partial charge in [-0.25, -0.2) is 5.10 Å². The molecule has 0 unspecified atom stereocenters. The highest BCUT2D eigenvalue weighted by molar-refractivity contribution is 5.23. The third-order valence-corrected chi connectivity index (χ3v) is 1.18. The normalized spacial score (nSPS) is 19.0. The monoisotopic (exact) mass is 109 g/mol. The van der Waals surface area contributed by atoms with Crippen LogP contribution >= 0.6 is 0 Å². The number of nitrogens with one attached hydrogen (secondary N) is 1. The van der Waals surface area contributed by atoms with Crippen molar-refractivity contribution in [2.45, 2.75) is 12.8 Å². The molecule has 1 aliphatic rings. The number of hydrogen-bond donors (Lipinski definition) is 1. The molecule has 1 fully saturated rings. The van der Waals surface area contributed by atoms with E-state index in [9.17, 15) is 0 Å². The molecule has 1 aliphatic carbocycles. The maximum atomic E-state index is 3.72. The fourth-order valence-electron chi connectivity index (χ4n) is 0.608. The molecule has 0 bridgehead atoms. The molecule has 8 heavy (non-hydrogen) atoms. The first kappa shape index (κ1) is 4.00. The van der Waals surface area contributed by atoms with E-state index >= 15 is 0 Å². The summed E-state index contributed by atoms with van der Waals surface area (Å²) >= 11 is 0. The highest BCUT2D eigenvalue weighted by atomic mass is 15.5. The molecule has 4 nitrogen and oxygen atoms in total. The lowest BCUT2D eigenvalue weighted by Gasteiger charge is -1.77. The van der Waals surface area contributed by atoms with Crippen molar-refractivity contribution in [1.29, 1.82) is 0 Å². The Morgan fingerprint density at radius 2 is 2.25 bits per heavy atom. The zero-order valence-corrected chi connectivity index (χ0v) is 4.26. The Balaban J connectivity index is 2.28. The van der Waals surface area contributed by atoms with Crippen LogP contribution in [-0.2, 0) is 0 Å². The van der Waals surface area contributed by atoms with Gasteiger partial charge in [-0.2, -0.15) is 0 Å². The smallest absolute Gasteiger partial charge is 0.155 e. The molecule has 1 aromatic heterocycles. The number of H-pyrrole nitrogens is 1. The quantitative estimate of drug-likeness (QED) is 0.548. The Hall–Kier alpha value is -0.930. The summed E-state index contributed by atoms with van der Waals surface area (Å²) in [6, 6.07) is 0. The Morgan fingerprint density at radius 3 is 2.75 bits per heavy atom. The zero-order valence-electron chi connectivity index (χ0n) is 4.26. The fraction of sp³-hybridized carbons (Fsp3) is 0.500. The second-order valence-corrected chi connectivity index (χ2v) is 1.85. The van der Waals surface area contributed by atoms with Crippen molar-refractivity contribution < 1.29 is 0 Å². The van der Waals surface area contributed by atoms with Crippen LogP contribution in [0.15, 0.2) is 0 Å². The van der Waals surface area contributed by atoms with Gasteiger partial charge in [0.05, 0.1) is 0 Å². The van der Waals surface area contributed by atoms with Crippen LogP contribution in [0.25, 0.3) is 0 Å². The molecule has 0 atom stereocenters. The molecule has 2 rings (SSSR count). The summed E-state index contributed by atoms with van der Waals surface area (Å²) in [4.78, 5) is 0. The van der Waals surface area contributed by atoms with Gasteiger partial charge in [-0.1, -0.05) is 0 Å². The Kier molecular flexibility index (Phi) is 0.637. The molecule has 1 aromatic rings. The van der Waals surface area contributed by atoms with E-state index in [0.717, 1.165) is 18.7 Å². The van der Waals surface area contributed by atoms with Gasteiger partial charge in [0.2, 0.25) is 0 Å². The molecule has 0 saturated heterocycles. The van der Waals surface area contributed by atoms with Gasteiger partial charge in [0.1, 0.15) is 0 Å². The van der Waals surface area contributed by atoms with Gasteiger partial charge in [-0.3, -0.25) is 0 Å². The number of tetrazole rings is 1. The number of rotatable bonds is 1. The van der Waals surface area contributed by atoms with Crippen molar-refractivity contribution >= 4 is 0 Å². The van der Waals surface area contributed by atoms with Gasteiger partial charge in [-0.15, -0.1) is 5.10 Å². The van der Waals surface area contributed by atoms with Crippen LogP contribution < -0.4 is 0 Å². The maximum absolute atomic E-state index is 3.72. The molecule has 1 saturated carbocycles. The molecule has 0 aliphatic heterocycles. The van der Waals surface area contributed by atoms with Gasteiger partial charge in [-0.05, 0) is 23.3 Å². The second-order valence-electron chi connectivity index (χ2n) is 1.85. The van der Waals surface area contributed by atoms with E-state index in [1.807, 2.05) is 0 Å². The molecule has 0 spiro atoms. The van der Waals surface area contributed by atoms with Gasteiger partial charge < -0.3 is 0 Å². The Morgan fingerprint density at radius 1 is 1.38 bits per heavy atom. The van der Waals surface area contributed by atoms with Gasteiger partial charge in [0.15, 0.2) is 5.82 Å². The first-order chi connectivity index (χ1) is 3.97. The van der Waals surface area contributed by atoms with Crippen molar-refractivity contribution in [1.82, 2.24) is 20.6 Å². The van der Waals surface area contributed by atoms with Crippen LogP contribution in [0.5, 0.6) is 0 Å². The van der Waals surface area contributed by atoms with Gasteiger partial charge in [0.25, 0.3) is 0 Å². The zero-order chi connectivity index (χ0) is 5.40. The summed E-state index contributed by atoms with van der Waals surface area (Å²) in [5.74, 6) is 2.21. The average Bonchev–Trinajstić information content (AvgIpc) is 2.49. The highest BCUT2D eigenvalue weighted by Crippen LogP contribution is 2.35. The third kappa shape index (κ3) is 0.492. The average molecular weight is 109 g/mol. The third-order valence-electron chi connectivity index (χ3n) is 1.18. The summed E-state index contributed by atoms with van der Waals surface area (Å²) in [6.45, 7) is 0. The predicted octanol–water partition coefficient (Wildman–Crippen LogP) is -0.0839. The molecule has 0 amide bonds. The van der Waals surface area contributed by atoms with Crippen molar-refractivity contribution in [3.05, 3.63) is 11.7 Å². The van der Waals surface area contributed by atoms with E-state index in [0.29, 0.717) is 0 Å². The SMILES string of the molecule is C1C[C]1c1nnn[nH]1. The van der Waals surface area contributed by atoms with Crippen molar-refractivity contribution in [3.63, 3.8) is 0 Å². The van der Waals surface area contributed by atoms with E-state index in [1.54, 1.807) is 0 Å². The second kappa shape index (κ2) is 1.27. The van der Waals surface area contributed by atoms with E-state index in [2.05, 4.69) is 20.6 Å². The minimum absolute atomic E-state index is 0.866. The minimum Gasteiger partial charge on any atom is -0.242 e. The van der Waals surface area contributed by atoms with Crippen LogP contribution in [0.1, 0.15) is 18.7 Å². The first-order valence-corrected chi connectivity index (χ1v) is 2.55. The van der Waals surface area contributed by atoms with Crippen LogP contribution in [0.4, 0.5) is 0 Å². The number of aromatic amines is 1. The highest BCUT2D eigenvalue weighted by Gasteiger charge is 2.27. The van der Waals surface area contributed by atoms with Gasteiger partial charge in [0, 0.05) is 5.92 Å². The Bertz CT molecular complexity index is 164. The lowest BCUT2D eigenvalue weighted by Crippen LogP contribution is -1.81. The lowest BCUT2D eigenvalue weighted by atomic mass is 10.4. The van der Waals surface area contributed by atoms with Crippen molar-refractivity contribution in [3.8, 4) is 0 Å². The molecule has 1 N–H and O–H groups in total. The van der Waals surface area contributed by atoms with Crippen LogP contribution in [-0.4, -0.2) is 20.6 Å². The topological polar surface area (TPSA) is 54.5 Å². The molecular formula is C4H5N4. The lowest BCUT2D eigenvalue weighted by molar-refractivity contribution is 0.881. The number of nitrogens with zero attached hydrogens (tertiary/aromatic N) is 3. The summed E-state index contributed by atoms with van der Waals surface area (Å²) in [7, 11) is 0. The number of hydrogen-bond acceptors (Lipinski definition) is 3. The van der Waals surface area contributed by atoms with E-state index < -0.39 is 0 Å². The van der Waals surface area contributed by atoms with Crippen molar-refractivity contribution in [2.24, 2.45) is 0 Å². The summed E-state index contributed by atoms with van der Waals surface area (Å²) < 4.78 is 0. The summed E-state index contributed by atoms with van der Waals surface area (Å²) in [5.41, 5.74) is 0. The number of aromatic nitrogens is 4. The molecule has 1 heterocycles. The van der Waals surface area contributed by atoms with Gasteiger partial charge >= 0.3 is 0 Å². The summed E-state index contributed by atoms with van der Waals surface area (Å²) in [6.07, 6.45) is 2.33. The van der Waals surface area contributed by atoms with E-state index in [4.69, 9.17) is 0 Å². The largest absolute Gasteiger partial charge is 0.242 e. The van der Waals surface area contributed by atoms with Crippen LogP contribution in [0.2, 0.25) is 0 Å². The molecule has 41 valence electrons. The standard InChI is InChI=1S/C4H5N4/c1-2-3(1)4-5-7-8-6-4/h1-2H2,(H,5,6,7,8). The van der Waals surface area contributed by atoms with Crippen LogP contribution in [0.3, 0.4) is 0 Å². The first-order valence-electron chi connectivity index (χ1n) is 2.55. The van der Waals surface area contributed by atoms with E-state index in [-0.39, 0.29) is 0 Å². The molecule has 0 aromatic carbocycles. The van der Waals surface area contributed by atoms with Crippen LogP contribution in [0, 0.1) is 5.92 Å². The Labute approximate surface area is 46.3 Å². The van der Waals surface area contributed by atoms with Crippen molar-refractivity contribution in [2.75, 3.05) is 0 Å². The molecular weight excluding hydrogens is 104 g/mol. The molecule has 4 heteroatoms.